The van der Waals surface area contributed by atoms with E-state index >= 15 is 0 Å². The first-order valence-electron chi connectivity index (χ1n) is 16.0. The van der Waals surface area contributed by atoms with Crippen LogP contribution in [-0.2, 0) is 18.4 Å². The number of fused-ring (bicyclic) bond motifs is 1. The van der Waals surface area contributed by atoms with Crippen LogP contribution < -0.4 is 5.56 Å². The van der Waals surface area contributed by atoms with Crippen LogP contribution in [0.3, 0.4) is 0 Å². The smallest absolute Gasteiger partial charge is 0.407 e. The molecule has 44 heavy (non-hydrogen) atoms. The zero-order valence-electron chi connectivity index (χ0n) is 26.5. The number of nitrogens with zero attached hydrogens (tertiary/aromatic N) is 3. The fourth-order valence-corrected chi connectivity index (χ4v) is 7.48. The number of aryl methyl sites for hydroxylation is 1. The summed E-state index contributed by atoms with van der Waals surface area (Å²) >= 11 is 0. The Balaban J connectivity index is 1.56. The fourth-order valence-electron chi connectivity index (χ4n) is 7.48. The molecule has 0 radical (unpaired) electrons. The van der Waals surface area contributed by atoms with E-state index in [0.717, 1.165) is 48.6 Å². The van der Waals surface area contributed by atoms with Gasteiger partial charge >= 0.3 is 6.09 Å². The van der Waals surface area contributed by atoms with Crippen LogP contribution in [0, 0.1) is 11.3 Å². The summed E-state index contributed by atoms with van der Waals surface area (Å²) in [7, 11) is 1.76. The average Bonchev–Trinajstić information content (AvgIpc) is 3.01. The second-order valence-electron chi connectivity index (χ2n) is 14.0. The number of para-hydroxylation sites is 1. The van der Waals surface area contributed by atoms with Gasteiger partial charge in [0.05, 0.1) is 17.7 Å². The molecule has 2 aliphatic rings. The number of aliphatic hydroxyl groups is 1. The van der Waals surface area contributed by atoms with E-state index in [9.17, 15) is 24.6 Å². The molecule has 0 spiro atoms. The van der Waals surface area contributed by atoms with E-state index < -0.39 is 29.1 Å². The van der Waals surface area contributed by atoms with Crippen molar-refractivity contribution in [1.82, 2.24) is 14.4 Å². The molecule has 1 aliphatic carbocycles. The molecule has 1 saturated carbocycles. The largest absolute Gasteiger partial charge is 0.465 e. The van der Waals surface area contributed by atoms with Gasteiger partial charge in [0.15, 0.2) is 0 Å². The molecule has 2 amide bonds. The highest BCUT2D eigenvalue weighted by molar-refractivity contribution is 5.81. The van der Waals surface area contributed by atoms with E-state index in [1.165, 1.54) is 4.90 Å². The molecule has 3 unspecified atom stereocenters. The molecule has 2 N–H and O–H groups in total. The molecule has 8 heteroatoms. The van der Waals surface area contributed by atoms with Gasteiger partial charge in [0.25, 0.3) is 5.56 Å². The summed E-state index contributed by atoms with van der Waals surface area (Å²) in [5.74, 6) is -0.559. The zero-order valence-corrected chi connectivity index (χ0v) is 26.5. The highest BCUT2D eigenvalue weighted by atomic mass is 16.4. The third kappa shape index (κ3) is 6.55. The molecule has 5 rings (SSSR count). The number of hydrogen-bond acceptors (Lipinski definition) is 4. The number of carboxylic acid groups (broad SMARTS) is 1. The number of aromatic nitrogens is 1. The third-order valence-electron chi connectivity index (χ3n) is 10.0. The molecule has 2 fully saturated rings. The van der Waals surface area contributed by atoms with Gasteiger partial charge in [0.1, 0.15) is 0 Å². The lowest BCUT2D eigenvalue weighted by Gasteiger charge is -2.51. The minimum absolute atomic E-state index is 0.0276. The van der Waals surface area contributed by atoms with Gasteiger partial charge in [-0.2, -0.15) is 0 Å². The van der Waals surface area contributed by atoms with Gasteiger partial charge in [0, 0.05) is 43.6 Å². The zero-order chi connectivity index (χ0) is 31.6. The van der Waals surface area contributed by atoms with Crippen molar-refractivity contribution in [3.63, 3.8) is 0 Å². The van der Waals surface area contributed by atoms with Crippen molar-refractivity contribution in [1.29, 1.82) is 0 Å². The highest BCUT2D eigenvalue weighted by Crippen LogP contribution is 2.44. The van der Waals surface area contributed by atoms with Gasteiger partial charge in [-0.05, 0) is 54.2 Å². The van der Waals surface area contributed by atoms with Crippen molar-refractivity contribution >= 4 is 22.9 Å². The Morgan fingerprint density at radius 2 is 1.68 bits per heavy atom. The molecule has 2 heterocycles. The first-order valence-corrected chi connectivity index (χ1v) is 16.0. The molecule has 3 atom stereocenters. The maximum atomic E-state index is 14.3. The Labute approximate surface area is 260 Å². The fraction of sp³-hybridized carbons (Fsp3) is 0.528. The number of carbonyl (C=O) groups is 2. The summed E-state index contributed by atoms with van der Waals surface area (Å²) in [5.41, 5.74) is 0.485. The van der Waals surface area contributed by atoms with Crippen LogP contribution in [0.5, 0.6) is 0 Å². The van der Waals surface area contributed by atoms with E-state index in [4.69, 9.17) is 0 Å². The van der Waals surface area contributed by atoms with Crippen LogP contribution in [-0.4, -0.2) is 61.3 Å². The topological polar surface area (TPSA) is 103 Å². The van der Waals surface area contributed by atoms with Crippen LogP contribution in [0.2, 0.25) is 0 Å². The molecule has 1 aromatic heterocycles. The SMILES string of the molecule is Cn1c(=O)c(CN(CC(c2ccccc2)C2(O)CCN(C(=O)O)C(C(C)(C)C)C2)C(=O)C2CCCCC2)cc2ccccc21. The molecular formula is C36H47N3O5. The molecule has 3 aromatic rings. The summed E-state index contributed by atoms with van der Waals surface area (Å²) in [6.07, 6.45) is 4.31. The molecule has 1 aliphatic heterocycles. The number of rotatable bonds is 7. The van der Waals surface area contributed by atoms with Gasteiger partial charge < -0.3 is 24.6 Å². The highest BCUT2D eigenvalue weighted by Gasteiger charge is 2.49. The standard InChI is InChI=1S/C36H47N3O5/c1-35(2,3)31-22-36(44,19-20-39(31)34(42)43)29(25-13-7-5-8-14-25)24-38(33(41)26-15-9-6-10-16-26)23-28-21-27-17-11-12-18-30(27)37(4)32(28)40/h5,7-8,11-14,17-18,21,26,29,31,44H,6,9-10,15-16,19-20,22-24H2,1-4H3,(H,42,43). The Hall–Kier alpha value is -3.65. The van der Waals surface area contributed by atoms with Crippen LogP contribution in [0.4, 0.5) is 4.79 Å². The summed E-state index contributed by atoms with van der Waals surface area (Å²) in [6.45, 7) is 6.60. The van der Waals surface area contributed by atoms with E-state index in [0.29, 0.717) is 5.56 Å². The number of likely N-dealkylation sites (tertiary alicyclic amines) is 1. The molecule has 8 nitrogen and oxygen atoms in total. The quantitative estimate of drug-likeness (QED) is 0.338. The lowest BCUT2D eigenvalue weighted by atomic mass is 9.68. The number of benzene rings is 2. The van der Waals surface area contributed by atoms with E-state index in [2.05, 4.69) is 0 Å². The van der Waals surface area contributed by atoms with Crippen molar-refractivity contribution in [2.75, 3.05) is 13.1 Å². The van der Waals surface area contributed by atoms with E-state index in [-0.39, 0.29) is 49.9 Å². The Morgan fingerprint density at radius 3 is 2.34 bits per heavy atom. The lowest BCUT2D eigenvalue weighted by Crippen LogP contribution is -2.59. The second kappa shape index (κ2) is 12.8. The van der Waals surface area contributed by atoms with Crippen molar-refractivity contribution in [2.24, 2.45) is 18.4 Å². The molecule has 1 saturated heterocycles. The summed E-state index contributed by atoms with van der Waals surface area (Å²) in [6, 6.07) is 19.0. The predicted molar refractivity (Wildman–Crippen MR) is 173 cm³/mol. The number of pyridine rings is 1. The Morgan fingerprint density at radius 1 is 1.02 bits per heavy atom. The van der Waals surface area contributed by atoms with Gasteiger partial charge in [-0.15, -0.1) is 0 Å². The first kappa shape index (κ1) is 31.8. The van der Waals surface area contributed by atoms with Crippen LogP contribution in [0.1, 0.15) is 82.8 Å². The number of hydrogen-bond donors (Lipinski definition) is 2. The van der Waals surface area contributed by atoms with Gasteiger partial charge in [-0.1, -0.05) is 88.6 Å². The maximum Gasteiger partial charge on any atom is 0.407 e. The number of piperidine rings is 1. The van der Waals surface area contributed by atoms with Crippen molar-refractivity contribution in [3.05, 3.63) is 82.1 Å². The first-order chi connectivity index (χ1) is 20.9. The summed E-state index contributed by atoms with van der Waals surface area (Å²) in [4.78, 5) is 43.4. The number of amides is 2. The summed E-state index contributed by atoms with van der Waals surface area (Å²) < 4.78 is 1.64. The van der Waals surface area contributed by atoms with Crippen molar-refractivity contribution in [2.45, 2.75) is 89.8 Å². The van der Waals surface area contributed by atoms with Gasteiger partial charge in [-0.3, -0.25) is 9.59 Å². The third-order valence-corrected chi connectivity index (χ3v) is 10.0. The Kier molecular flexibility index (Phi) is 9.21. The van der Waals surface area contributed by atoms with Crippen molar-refractivity contribution < 1.29 is 19.8 Å². The van der Waals surface area contributed by atoms with Gasteiger partial charge in [-0.25, -0.2) is 4.79 Å². The number of carbonyl (C=O) groups excluding carboxylic acids is 1. The van der Waals surface area contributed by atoms with Crippen LogP contribution >= 0.6 is 0 Å². The minimum atomic E-state index is -1.26. The minimum Gasteiger partial charge on any atom is -0.465 e. The summed E-state index contributed by atoms with van der Waals surface area (Å²) in [5, 5.41) is 23.5. The molecule has 0 bridgehead atoms. The Bertz CT molecular complexity index is 1540. The monoisotopic (exact) mass is 601 g/mol. The van der Waals surface area contributed by atoms with Crippen LogP contribution in [0.25, 0.3) is 10.9 Å². The van der Waals surface area contributed by atoms with Gasteiger partial charge in [0.2, 0.25) is 5.91 Å². The second-order valence-corrected chi connectivity index (χ2v) is 14.0. The predicted octanol–water partition coefficient (Wildman–Crippen LogP) is 6.15. The maximum absolute atomic E-state index is 14.3. The molecule has 236 valence electrons. The van der Waals surface area contributed by atoms with E-state index in [1.807, 2.05) is 86.3 Å². The van der Waals surface area contributed by atoms with Crippen LogP contribution in [0.15, 0.2) is 65.5 Å². The lowest BCUT2D eigenvalue weighted by molar-refractivity contribution is -0.139. The van der Waals surface area contributed by atoms with Crippen molar-refractivity contribution in [3.8, 4) is 0 Å². The van der Waals surface area contributed by atoms with E-state index in [1.54, 1.807) is 11.6 Å². The molecular weight excluding hydrogens is 554 g/mol. The normalized spacial score (nSPS) is 22.1. The average molecular weight is 602 g/mol. The molecule has 2 aromatic carbocycles.